The fourth-order valence-corrected chi connectivity index (χ4v) is 2.65. The first-order valence-electron chi connectivity index (χ1n) is 7.23. The van der Waals surface area contributed by atoms with Crippen molar-refractivity contribution >= 4 is 11.7 Å². The summed E-state index contributed by atoms with van der Waals surface area (Å²) in [4.78, 5) is 14.4. The van der Waals surface area contributed by atoms with Crippen LogP contribution < -0.4 is 5.32 Å². The highest BCUT2D eigenvalue weighted by Gasteiger charge is 2.22. The molecular formula is C16H24N2O. The first kappa shape index (κ1) is 13.9. The van der Waals surface area contributed by atoms with Crippen LogP contribution in [0.15, 0.2) is 18.2 Å². The molecule has 104 valence electrons. The van der Waals surface area contributed by atoms with Crippen LogP contribution in [-0.2, 0) is 0 Å². The van der Waals surface area contributed by atoms with E-state index in [0.29, 0.717) is 6.04 Å². The minimum absolute atomic E-state index is 0.0445. The van der Waals surface area contributed by atoms with Crippen LogP contribution in [0, 0.1) is 13.8 Å². The molecule has 0 spiro atoms. The smallest absolute Gasteiger partial charge is 0.322 e. The molecule has 1 aromatic rings. The summed E-state index contributed by atoms with van der Waals surface area (Å²) in [5.74, 6) is 0. The third kappa shape index (κ3) is 3.28. The molecule has 0 bridgehead atoms. The molecule has 0 saturated carbocycles. The normalized spacial score (nSPS) is 19.9. The molecule has 1 aliphatic heterocycles. The van der Waals surface area contributed by atoms with E-state index in [1.807, 2.05) is 17.0 Å². The van der Waals surface area contributed by atoms with Crippen molar-refractivity contribution in [2.24, 2.45) is 0 Å². The molecule has 0 unspecified atom stereocenters. The Morgan fingerprint density at radius 2 is 2.05 bits per heavy atom. The number of hydrogen-bond acceptors (Lipinski definition) is 1. The van der Waals surface area contributed by atoms with Gasteiger partial charge in [-0.1, -0.05) is 25.0 Å². The predicted octanol–water partition coefficient (Wildman–Crippen LogP) is 4.10. The van der Waals surface area contributed by atoms with Crippen molar-refractivity contribution in [1.29, 1.82) is 0 Å². The molecule has 2 amide bonds. The van der Waals surface area contributed by atoms with Gasteiger partial charge in [-0.3, -0.25) is 0 Å². The monoisotopic (exact) mass is 260 g/mol. The first-order valence-corrected chi connectivity index (χ1v) is 7.23. The zero-order chi connectivity index (χ0) is 13.8. The van der Waals surface area contributed by atoms with E-state index in [1.165, 1.54) is 18.4 Å². The number of hydrogen-bond donors (Lipinski definition) is 1. The van der Waals surface area contributed by atoms with Gasteiger partial charge in [0.25, 0.3) is 0 Å². The summed E-state index contributed by atoms with van der Waals surface area (Å²) in [6.45, 7) is 7.14. The second kappa shape index (κ2) is 6.09. The van der Waals surface area contributed by atoms with Crippen LogP contribution >= 0.6 is 0 Å². The highest BCUT2D eigenvalue weighted by atomic mass is 16.2. The van der Waals surface area contributed by atoms with Gasteiger partial charge in [0.15, 0.2) is 0 Å². The lowest BCUT2D eigenvalue weighted by Crippen LogP contribution is -2.41. The molecule has 0 radical (unpaired) electrons. The van der Waals surface area contributed by atoms with Crippen LogP contribution in [0.5, 0.6) is 0 Å². The average molecular weight is 260 g/mol. The number of carbonyl (C=O) groups is 1. The number of amides is 2. The van der Waals surface area contributed by atoms with Gasteiger partial charge in [0.1, 0.15) is 0 Å². The second-order valence-corrected chi connectivity index (χ2v) is 5.57. The lowest BCUT2D eigenvalue weighted by molar-refractivity contribution is 0.194. The Morgan fingerprint density at radius 1 is 1.26 bits per heavy atom. The molecule has 1 saturated heterocycles. The molecule has 1 heterocycles. The van der Waals surface area contributed by atoms with Crippen molar-refractivity contribution in [2.45, 2.75) is 52.5 Å². The molecule has 3 heteroatoms. The van der Waals surface area contributed by atoms with Gasteiger partial charge in [-0.05, 0) is 50.8 Å². The molecule has 0 aromatic heterocycles. The summed E-state index contributed by atoms with van der Waals surface area (Å²) in [5, 5.41) is 3.07. The summed E-state index contributed by atoms with van der Waals surface area (Å²) < 4.78 is 0. The van der Waals surface area contributed by atoms with E-state index in [2.05, 4.69) is 32.2 Å². The maximum absolute atomic E-state index is 12.4. The van der Waals surface area contributed by atoms with Crippen molar-refractivity contribution in [3.63, 3.8) is 0 Å². The van der Waals surface area contributed by atoms with Crippen LogP contribution in [0.3, 0.4) is 0 Å². The van der Waals surface area contributed by atoms with Crippen LogP contribution in [0.2, 0.25) is 0 Å². The number of likely N-dealkylation sites (tertiary alicyclic amines) is 1. The molecule has 3 nitrogen and oxygen atoms in total. The molecule has 19 heavy (non-hydrogen) atoms. The molecule has 1 aromatic carbocycles. The number of rotatable bonds is 1. The van der Waals surface area contributed by atoms with Crippen molar-refractivity contribution in [1.82, 2.24) is 4.90 Å². The van der Waals surface area contributed by atoms with Crippen molar-refractivity contribution in [3.05, 3.63) is 29.3 Å². The molecular weight excluding hydrogens is 236 g/mol. The van der Waals surface area contributed by atoms with E-state index in [9.17, 15) is 4.79 Å². The van der Waals surface area contributed by atoms with Gasteiger partial charge < -0.3 is 10.2 Å². The van der Waals surface area contributed by atoms with Crippen molar-refractivity contribution in [3.8, 4) is 0 Å². The standard InChI is InChI=1S/C16H24N2O/c1-12-8-7-10-15(14(12)3)17-16(19)18-11-6-4-5-9-13(18)2/h7-8,10,13H,4-6,9,11H2,1-3H3,(H,17,19)/t13-/m1/s1. The number of aryl methyl sites for hydroxylation is 1. The van der Waals surface area contributed by atoms with Crippen LogP contribution in [0.1, 0.15) is 43.7 Å². The highest BCUT2D eigenvalue weighted by Crippen LogP contribution is 2.21. The molecule has 1 fully saturated rings. The molecule has 1 N–H and O–H groups in total. The lowest BCUT2D eigenvalue weighted by atomic mass is 10.1. The Labute approximate surface area is 116 Å². The summed E-state index contributed by atoms with van der Waals surface area (Å²) in [7, 11) is 0. The minimum atomic E-state index is 0.0445. The Bertz CT molecular complexity index is 456. The number of nitrogens with zero attached hydrogens (tertiary/aromatic N) is 1. The van der Waals surface area contributed by atoms with Gasteiger partial charge in [-0.15, -0.1) is 0 Å². The van der Waals surface area contributed by atoms with Gasteiger partial charge in [0.2, 0.25) is 0 Å². The van der Waals surface area contributed by atoms with E-state index in [4.69, 9.17) is 0 Å². The summed E-state index contributed by atoms with van der Waals surface area (Å²) in [5.41, 5.74) is 3.29. The highest BCUT2D eigenvalue weighted by molar-refractivity contribution is 5.90. The first-order chi connectivity index (χ1) is 9.09. The summed E-state index contributed by atoms with van der Waals surface area (Å²) in [6.07, 6.45) is 4.69. The molecule has 0 aliphatic carbocycles. The largest absolute Gasteiger partial charge is 0.322 e. The maximum atomic E-state index is 12.4. The molecule has 1 aliphatic rings. The van der Waals surface area contributed by atoms with E-state index < -0.39 is 0 Å². The zero-order valence-electron chi connectivity index (χ0n) is 12.2. The topological polar surface area (TPSA) is 32.3 Å². The Balaban J connectivity index is 2.09. The Hall–Kier alpha value is -1.51. The van der Waals surface area contributed by atoms with E-state index in [-0.39, 0.29) is 6.03 Å². The summed E-state index contributed by atoms with van der Waals surface area (Å²) in [6, 6.07) is 6.42. The average Bonchev–Trinajstić information content (AvgIpc) is 2.59. The maximum Gasteiger partial charge on any atom is 0.322 e. The van der Waals surface area contributed by atoms with Gasteiger partial charge in [0, 0.05) is 18.3 Å². The number of urea groups is 1. The van der Waals surface area contributed by atoms with Crippen LogP contribution in [0.4, 0.5) is 10.5 Å². The van der Waals surface area contributed by atoms with E-state index in [1.54, 1.807) is 0 Å². The Kier molecular flexibility index (Phi) is 4.46. The minimum Gasteiger partial charge on any atom is -0.322 e. The predicted molar refractivity (Wildman–Crippen MR) is 79.6 cm³/mol. The quantitative estimate of drug-likeness (QED) is 0.810. The van der Waals surface area contributed by atoms with Crippen LogP contribution in [0.25, 0.3) is 0 Å². The Morgan fingerprint density at radius 3 is 2.84 bits per heavy atom. The summed E-state index contributed by atoms with van der Waals surface area (Å²) >= 11 is 0. The fourth-order valence-electron chi connectivity index (χ4n) is 2.65. The number of benzene rings is 1. The van der Waals surface area contributed by atoms with Gasteiger partial charge in [-0.2, -0.15) is 0 Å². The fraction of sp³-hybridized carbons (Fsp3) is 0.562. The van der Waals surface area contributed by atoms with Gasteiger partial charge >= 0.3 is 6.03 Å². The van der Waals surface area contributed by atoms with E-state index >= 15 is 0 Å². The third-order valence-electron chi connectivity index (χ3n) is 4.16. The number of nitrogens with one attached hydrogen (secondary N) is 1. The lowest BCUT2D eigenvalue weighted by Gasteiger charge is -2.27. The number of anilines is 1. The second-order valence-electron chi connectivity index (χ2n) is 5.57. The van der Waals surface area contributed by atoms with Gasteiger partial charge in [-0.25, -0.2) is 4.79 Å². The zero-order valence-corrected chi connectivity index (χ0v) is 12.2. The molecule has 2 rings (SSSR count). The van der Waals surface area contributed by atoms with Crippen molar-refractivity contribution in [2.75, 3.05) is 11.9 Å². The SMILES string of the molecule is Cc1cccc(NC(=O)N2CCCCC[C@H]2C)c1C. The number of carbonyl (C=O) groups excluding carboxylic acids is 1. The van der Waals surface area contributed by atoms with E-state index in [0.717, 1.165) is 30.6 Å². The molecule has 1 atom stereocenters. The third-order valence-corrected chi connectivity index (χ3v) is 4.16. The van der Waals surface area contributed by atoms with Crippen LogP contribution in [-0.4, -0.2) is 23.5 Å². The van der Waals surface area contributed by atoms with Crippen molar-refractivity contribution < 1.29 is 4.79 Å². The van der Waals surface area contributed by atoms with Gasteiger partial charge in [0.05, 0.1) is 0 Å².